The van der Waals surface area contributed by atoms with E-state index in [4.69, 9.17) is 9.72 Å². The SMILES string of the molecule is Cc1ccc(N2C[C@H](c3nc4ccccc4n3CC(=O)N3CCOCC3)CC2=O)cc1. The molecule has 3 heterocycles. The molecule has 0 radical (unpaired) electrons. The van der Waals surface area contributed by atoms with Crippen LogP contribution in [0.2, 0.25) is 0 Å². The molecule has 160 valence electrons. The number of aromatic nitrogens is 2. The van der Waals surface area contributed by atoms with Crippen molar-refractivity contribution in [2.75, 3.05) is 37.7 Å². The van der Waals surface area contributed by atoms with Crippen molar-refractivity contribution >= 4 is 28.5 Å². The summed E-state index contributed by atoms with van der Waals surface area (Å²) in [6, 6.07) is 15.9. The molecular weight excluding hydrogens is 392 g/mol. The van der Waals surface area contributed by atoms with Gasteiger partial charge < -0.3 is 19.1 Å². The molecule has 0 N–H and O–H groups in total. The van der Waals surface area contributed by atoms with Gasteiger partial charge in [0.2, 0.25) is 11.8 Å². The summed E-state index contributed by atoms with van der Waals surface area (Å²) >= 11 is 0. The van der Waals surface area contributed by atoms with Crippen molar-refractivity contribution in [3.63, 3.8) is 0 Å². The van der Waals surface area contributed by atoms with Crippen molar-refractivity contribution in [1.29, 1.82) is 0 Å². The Labute approximate surface area is 181 Å². The van der Waals surface area contributed by atoms with Gasteiger partial charge in [0.1, 0.15) is 12.4 Å². The van der Waals surface area contributed by atoms with E-state index in [1.165, 1.54) is 0 Å². The summed E-state index contributed by atoms with van der Waals surface area (Å²) in [5, 5.41) is 0. The molecule has 5 rings (SSSR count). The standard InChI is InChI=1S/C24H26N4O3/c1-17-6-8-19(9-7-17)27-15-18(14-22(27)29)24-25-20-4-2-3-5-21(20)28(24)16-23(30)26-10-12-31-13-11-26/h2-9,18H,10-16H2,1H3/t18-/m1/s1. The number of hydrogen-bond acceptors (Lipinski definition) is 4. The zero-order chi connectivity index (χ0) is 21.4. The summed E-state index contributed by atoms with van der Waals surface area (Å²) in [7, 11) is 0. The highest BCUT2D eigenvalue weighted by Crippen LogP contribution is 2.33. The fourth-order valence-electron chi connectivity index (χ4n) is 4.47. The smallest absolute Gasteiger partial charge is 0.242 e. The summed E-state index contributed by atoms with van der Waals surface area (Å²) in [6.45, 7) is 5.21. The molecule has 0 bridgehead atoms. The van der Waals surface area contributed by atoms with E-state index in [2.05, 4.69) is 0 Å². The van der Waals surface area contributed by atoms with E-state index in [1.54, 1.807) is 0 Å². The van der Waals surface area contributed by atoms with E-state index in [9.17, 15) is 9.59 Å². The van der Waals surface area contributed by atoms with Crippen LogP contribution in [-0.4, -0.2) is 59.1 Å². The maximum Gasteiger partial charge on any atom is 0.242 e. The minimum absolute atomic E-state index is 0.0568. The van der Waals surface area contributed by atoms with Gasteiger partial charge in [0.05, 0.1) is 24.2 Å². The van der Waals surface area contributed by atoms with E-state index < -0.39 is 0 Å². The van der Waals surface area contributed by atoms with Gasteiger partial charge in [-0.2, -0.15) is 0 Å². The predicted octanol–water partition coefficient (Wildman–Crippen LogP) is 2.72. The Hall–Kier alpha value is -3.19. The largest absolute Gasteiger partial charge is 0.378 e. The highest BCUT2D eigenvalue weighted by Gasteiger charge is 2.35. The number of fused-ring (bicyclic) bond motifs is 1. The first-order valence-electron chi connectivity index (χ1n) is 10.8. The highest BCUT2D eigenvalue weighted by molar-refractivity contribution is 5.96. The Morgan fingerprint density at radius 2 is 1.84 bits per heavy atom. The van der Waals surface area contributed by atoms with Gasteiger partial charge >= 0.3 is 0 Å². The quantitative estimate of drug-likeness (QED) is 0.653. The monoisotopic (exact) mass is 418 g/mol. The minimum Gasteiger partial charge on any atom is -0.378 e. The molecule has 7 nitrogen and oxygen atoms in total. The minimum atomic E-state index is -0.0568. The highest BCUT2D eigenvalue weighted by atomic mass is 16.5. The van der Waals surface area contributed by atoms with Gasteiger partial charge in [-0.1, -0.05) is 29.8 Å². The molecule has 0 spiro atoms. The Morgan fingerprint density at radius 3 is 2.61 bits per heavy atom. The second-order valence-electron chi connectivity index (χ2n) is 8.28. The van der Waals surface area contributed by atoms with Gasteiger partial charge in [0.25, 0.3) is 0 Å². The lowest BCUT2D eigenvalue weighted by atomic mass is 10.1. The zero-order valence-corrected chi connectivity index (χ0v) is 17.7. The third-order valence-electron chi connectivity index (χ3n) is 6.18. The molecule has 31 heavy (non-hydrogen) atoms. The first-order chi connectivity index (χ1) is 15.1. The lowest BCUT2D eigenvalue weighted by molar-refractivity contribution is -0.135. The summed E-state index contributed by atoms with van der Waals surface area (Å²) in [5.41, 5.74) is 3.86. The number of aryl methyl sites for hydroxylation is 1. The van der Waals surface area contributed by atoms with Crippen LogP contribution in [0.3, 0.4) is 0 Å². The predicted molar refractivity (Wildman–Crippen MR) is 118 cm³/mol. The summed E-state index contributed by atoms with van der Waals surface area (Å²) in [5.74, 6) is 0.906. The van der Waals surface area contributed by atoms with Gasteiger partial charge in [-0.25, -0.2) is 4.98 Å². The molecule has 0 unspecified atom stereocenters. The fourth-order valence-corrected chi connectivity index (χ4v) is 4.47. The van der Waals surface area contributed by atoms with Gasteiger partial charge in [0, 0.05) is 37.7 Å². The lowest BCUT2D eigenvalue weighted by Gasteiger charge is -2.27. The van der Waals surface area contributed by atoms with E-state index in [0.29, 0.717) is 39.3 Å². The Kier molecular flexibility index (Phi) is 5.19. The maximum absolute atomic E-state index is 13.0. The number of para-hydroxylation sites is 2. The maximum atomic E-state index is 13.0. The van der Waals surface area contributed by atoms with Gasteiger partial charge in [0.15, 0.2) is 0 Å². The molecule has 7 heteroatoms. The Balaban J connectivity index is 1.45. The number of benzene rings is 2. The molecule has 1 aromatic heterocycles. The second kappa shape index (κ2) is 8.15. The number of carbonyl (C=O) groups is 2. The first-order valence-corrected chi connectivity index (χ1v) is 10.8. The van der Waals surface area contributed by atoms with Crippen molar-refractivity contribution in [2.24, 2.45) is 0 Å². The molecule has 3 aromatic rings. The molecule has 2 amide bonds. The van der Waals surface area contributed by atoms with Gasteiger partial charge in [-0.05, 0) is 31.2 Å². The second-order valence-corrected chi connectivity index (χ2v) is 8.28. The van der Waals surface area contributed by atoms with E-state index in [0.717, 1.165) is 28.1 Å². The van der Waals surface area contributed by atoms with Crippen LogP contribution >= 0.6 is 0 Å². The fraction of sp³-hybridized carbons (Fsp3) is 0.375. The average Bonchev–Trinajstić information content (AvgIpc) is 3.35. The molecule has 2 saturated heterocycles. The zero-order valence-electron chi connectivity index (χ0n) is 17.7. The van der Waals surface area contributed by atoms with Crippen LogP contribution in [-0.2, 0) is 20.9 Å². The molecular formula is C24H26N4O3. The topological polar surface area (TPSA) is 67.7 Å². The molecule has 2 aliphatic rings. The van der Waals surface area contributed by atoms with Gasteiger partial charge in [-0.15, -0.1) is 0 Å². The van der Waals surface area contributed by atoms with Crippen LogP contribution in [0.4, 0.5) is 5.69 Å². The summed E-state index contributed by atoms with van der Waals surface area (Å²) in [4.78, 5) is 34.4. The Bertz CT molecular complexity index is 1120. The van der Waals surface area contributed by atoms with Crippen molar-refractivity contribution in [1.82, 2.24) is 14.5 Å². The van der Waals surface area contributed by atoms with Crippen molar-refractivity contribution in [2.45, 2.75) is 25.8 Å². The number of nitrogens with zero attached hydrogens (tertiary/aromatic N) is 4. The van der Waals surface area contributed by atoms with Crippen LogP contribution in [0.15, 0.2) is 48.5 Å². The number of hydrogen-bond donors (Lipinski definition) is 0. The molecule has 0 saturated carbocycles. The number of rotatable bonds is 4. The molecule has 0 aliphatic carbocycles. The van der Waals surface area contributed by atoms with Crippen LogP contribution < -0.4 is 4.90 Å². The number of morpholine rings is 1. The number of amides is 2. The van der Waals surface area contributed by atoms with E-state index in [-0.39, 0.29) is 24.3 Å². The van der Waals surface area contributed by atoms with Crippen LogP contribution in [0.1, 0.15) is 23.7 Å². The third-order valence-corrected chi connectivity index (χ3v) is 6.18. The number of imidazole rings is 1. The molecule has 2 aromatic carbocycles. The van der Waals surface area contributed by atoms with Crippen molar-refractivity contribution in [3.8, 4) is 0 Å². The van der Waals surface area contributed by atoms with Crippen molar-refractivity contribution < 1.29 is 14.3 Å². The summed E-state index contributed by atoms with van der Waals surface area (Å²) in [6.07, 6.45) is 0.392. The third kappa shape index (κ3) is 3.81. The van der Waals surface area contributed by atoms with E-state index in [1.807, 2.05) is 69.8 Å². The first kappa shape index (κ1) is 19.8. The average molecular weight is 418 g/mol. The number of anilines is 1. The van der Waals surface area contributed by atoms with Crippen LogP contribution in [0.25, 0.3) is 11.0 Å². The van der Waals surface area contributed by atoms with Gasteiger partial charge in [-0.3, -0.25) is 9.59 Å². The van der Waals surface area contributed by atoms with E-state index >= 15 is 0 Å². The molecule has 2 fully saturated rings. The van der Waals surface area contributed by atoms with Crippen LogP contribution in [0, 0.1) is 6.92 Å². The van der Waals surface area contributed by atoms with Crippen LogP contribution in [0.5, 0.6) is 0 Å². The van der Waals surface area contributed by atoms with Crippen molar-refractivity contribution in [3.05, 3.63) is 59.9 Å². The molecule has 1 atom stereocenters. The lowest BCUT2D eigenvalue weighted by Crippen LogP contribution is -2.42. The number of carbonyl (C=O) groups excluding carboxylic acids is 2. The number of ether oxygens (including phenoxy) is 1. The summed E-state index contributed by atoms with van der Waals surface area (Å²) < 4.78 is 7.38. The Morgan fingerprint density at radius 1 is 1.10 bits per heavy atom. The molecule has 2 aliphatic heterocycles. The normalized spacial score (nSPS) is 19.4.